The van der Waals surface area contributed by atoms with E-state index >= 15 is 0 Å². The van der Waals surface area contributed by atoms with E-state index < -0.39 is 6.10 Å². The van der Waals surface area contributed by atoms with Gasteiger partial charge >= 0.3 is 0 Å². The van der Waals surface area contributed by atoms with Crippen LogP contribution in [-0.4, -0.2) is 10.1 Å². The fourth-order valence-corrected chi connectivity index (χ4v) is 2.52. The quantitative estimate of drug-likeness (QED) is 0.775. The molecule has 3 N–H and O–H groups in total. The van der Waals surface area contributed by atoms with E-state index in [-0.39, 0.29) is 5.82 Å². The number of aromatic nitrogens is 1. The maximum atomic E-state index is 13.8. The van der Waals surface area contributed by atoms with Crippen molar-refractivity contribution in [2.24, 2.45) is 0 Å². The molecule has 0 radical (unpaired) electrons. The third-order valence-corrected chi connectivity index (χ3v) is 3.60. The number of benzene rings is 2. The minimum Gasteiger partial charge on any atom is -0.388 e. The van der Waals surface area contributed by atoms with Gasteiger partial charge in [-0.25, -0.2) is 9.37 Å². The SMILES string of the molecule is Nc1ncccc1CC(O)c1ccc(F)c2ccccc12. The van der Waals surface area contributed by atoms with Crippen molar-refractivity contribution in [2.45, 2.75) is 12.5 Å². The first-order valence-corrected chi connectivity index (χ1v) is 6.71. The summed E-state index contributed by atoms with van der Waals surface area (Å²) in [6.45, 7) is 0. The zero-order valence-corrected chi connectivity index (χ0v) is 11.3. The molecule has 1 atom stereocenters. The van der Waals surface area contributed by atoms with Crippen LogP contribution in [0.3, 0.4) is 0 Å². The number of hydrogen-bond donors (Lipinski definition) is 2. The first-order valence-electron chi connectivity index (χ1n) is 6.71. The molecule has 3 nitrogen and oxygen atoms in total. The Labute approximate surface area is 121 Å². The zero-order valence-electron chi connectivity index (χ0n) is 11.3. The van der Waals surface area contributed by atoms with Gasteiger partial charge in [-0.15, -0.1) is 0 Å². The number of halogens is 1. The summed E-state index contributed by atoms with van der Waals surface area (Å²) in [7, 11) is 0. The molecule has 0 saturated heterocycles. The predicted molar refractivity (Wildman–Crippen MR) is 81.2 cm³/mol. The molecule has 21 heavy (non-hydrogen) atoms. The van der Waals surface area contributed by atoms with Crippen LogP contribution in [0.4, 0.5) is 10.2 Å². The van der Waals surface area contributed by atoms with Gasteiger partial charge < -0.3 is 10.8 Å². The van der Waals surface area contributed by atoms with Gasteiger partial charge in [0.25, 0.3) is 0 Å². The second-order valence-corrected chi connectivity index (χ2v) is 4.95. The van der Waals surface area contributed by atoms with E-state index in [0.29, 0.717) is 28.6 Å². The highest BCUT2D eigenvalue weighted by atomic mass is 19.1. The van der Waals surface area contributed by atoms with Crippen molar-refractivity contribution >= 4 is 16.6 Å². The second kappa shape index (κ2) is 5.50. The van der Waals surface area contributed by atoms with Gasteiger partial charge in [-0.3, -0.25) is 0 Å². The lowest BCUT2D eigenvalue weighted by Gasteiger charge is -2.15. The van der Waals surface area contributed by atoms with Gasteiger partial charge in [-0.05, 0) is 28.6 Å². The Morgan fingerprint density at radius 3 is 2.57 bits per heavy atom. The van der Waals surface area contributed by atoms with Gasteiger partial charge in [0.15, 0.2) is 0 Å². The largest absolute Gasteiger partial charge is 0.388 e. The fourth-order valence-electron chi connectivity index (χ4n) is 2.52. The van der Waals surface area contributed by atoms with Gasteiger partial charge in [0.2, 0.25) is 0 Å². The molecule has 1 unspecified atom stereocenters. The van der Waals surface area contributed by atoms with Gasteiger partial charge in [-0.1, -0.05) is 36.4 Å². The molecule has 4 heteroatoms. The van der Waals surface area contributed by atoms with E-state index in [0.717, 1.165) is 5.56 Å². The third-order valence-electron chi connectivity index (χ3n) is 3.60. The van der Waals surface area contributed by atoms with Crippen molar-refractivity contribution in [1.29, 1.82) is 0 Å². The van der Waals surface area contributed by atoms with E-state index in [9.17, 15) is 9.50 Å². The molecule has 0 aliphatic carbocycles. The molecule has 0 spiro atoms. The Hall–Kier alpha value is -2.46. The predicted octanol–water partition coefficient (Wildman–Crippen LogP) is 3.23. The smallest absolute Gasteiger partial charge is 0.131 e. The second-order valence-electron chi connectivity index (χ2n) is 4.95. The van der Waals surface area contributed by atoms with Gasteiger partial charge in [0.05, 0.1) is 6.10 Å². The van der Waals surface area contributed by atoms with Crippen LogP contribution >= 0.6 is 0 Å². The molecule has 0 fully saturated rings. The maximum absolute atomic E-state index is 13.8. The van der Waals surface area contributed by atoms with Crippen molar-refractivity contribution in [2.75, 3.05) is 5.73 Å². The van der Waals surface area contributed by atoms with Crippen LogP contribution in [-0.2, 0) is 6.42 Å². The van der Waals surface area contributed by atoms with E-state index in [1.54, 1.807) is 30.5 Å². The molecule has 3 aromatic rings. The standard InChI is InChI=1S/C17H15FN2O/c18-15-8-7-14(12-5-1-2-6-13(12)15)16(21)10-11-4-3-9-20-17(11)19/h1-9,16,21H,10H2,(H2,19,20). The monoisotopic (exact) mass is 282 g/mol. The van der Waals surface area contributed by atoms with Crippen molar-refractivity contribution < 1.29 is 9.50 Å². The van der Waals surface area contributed by atoms with E-state index in [4.69, 9.17) is 5.73 Å². The average molecular weight is 282 g/mol. The van der Waals surface area contributed by atoms with E-state index in [2.05, 4.69) is 4.98 Å². The zero-order chi connectivity index (χ0) is 14.8. The lowest BCUT2D eigenvalue weighted by molar-refractivity contribution is 0.180. The molecule has 1 aromatic heterocycles. The first kappa shape index (κ1) is 13.5. The van der Waals surface area contributed by atoms with E-state index in [1.165, 1.54) is 6.07 Å². The molecule has 106 valence electrons. The van der Waals surface area contributed by atoms with Crippen molar-refractivity contribution in [1.82, 2.24) is 4.98 Å². The highest BCUT2D eigenvalue weighted by molar-refractivity contribution is 5.86. The van der Waals surface area contributed by atoms with Crippen LogP contribution in [0.25, 0.3) is 10.8 Å². The van der Waals surface area contributed by atoms with Crippen molar-refractivity contribution in [3.8, 4) is 0 Å². The van der Waals surface area contributed by atoms with Crippen LogP contribution in [0.2, 0.25) is 0 Å². The number of hydrogen-bond acceptors (Lipinski definition) is 3. The highest BCUT2D eigenvalue weighted by Crippen LogP contribution is 2.29. The third kappa shape index (κ3) is 2.58. The molecule has 0 bridgehead atoms. The number of aliphatic hydroxyl groups excluding tert-OH is 1. The van der Waals surface area contributed by atoms with E-state index in [1.807, 2.05) is 18.2 Å². The van der Waals surface area contributed by atoms with Crippen molar-refractivity contribution in [3.05, 3.63) is 71.7 Å². The van der Waals surface area contributed by atoms with Crippen LogP contribution in [0, 0.1) is 5.82 Å². The fraction of sp³-hybridized carbons (Fsp3) is 0.118. The first-order chi connectivity index (χ1) is 10.2. The average Bonchev–Trinajstić information content (AvgIpc) is 2.50. The number of nitrogens with zero attached hydrogens (tertiary/aromatic N) is 1. The summed E-state index contributed by atoms with van der Waals surface area (Å²) in [4.78, 5) is 4.01. The summed E-state index contributed by atoms with van der Waals surface area (Å²) in [6.07, 6.45) is 1.19. The van der Waals surface area contributed by atoms with Gasteiger partial charge in [0, 0.05) is 18.0 Å². The Balaban J connectivity index is 2.01. The summed E-state index contributed by atoms with van der Waals surface area (Å²) < 4.78 is 13.8. The van der Waals surface area contributed by atoms with Crippen LogP contribution in [0.5, 0.6) is 0 Å². The minimum atomic E-state index is -0.762. The van der Waals surface area contributed by atoms with Crippen LogP contribution in [0.15, 0.2) is 54.7 Å². The van der Waals surface area contributed by atoms with Gasteiger partial charge in [0.1, 0.15) is 11.6 Å². The lowest BCUT2D eigenvalue weighted by Crippen LogP contribution is -2.06. The number of aliphatic hydroxyl groups is 1. The molecular weight excluding hydrogens is 267 g/mol. The summed E-state index contributed by atoms with van der Waals surface area (Å²) in [6, 6.07) is 13.7. The number of nitrogens with two attached hydrogens (primary N) is 1. The molecule has 3 rings (SSSR count). The lowest BCUT2D eigenvalue weighted by atomic mass is 9.96. The van der Waals surface area contributed by atoms with Crippen molar-refractivity contribution in [3.63, 3.8) is 0 Å². The minimum absolute atomic E-state index is 0.289. The molecule has 0 aliphatic heterocycles. The number of rotatable bonds is 3. The molecule has 0 aliphatic rings. The summed E-state index contributed by atoms with van der Waals surface area (Å²) in [5, 5.41) is 11.7. The molecule has 1 heterocycles. The number of pyridine rings is 1. The topological polar surface area (TPSA) is 59.1 Å². The molecule has 0 amide bonds. The number of nitrogen functional groups attached to an aromatic ring is 1. The molecular formula is C17H15FN2O. The normalized spacial score (nSPS) is 12.5. The number of anilines is 1. The van der Waals surface area contributed by atoms with Crippen LogP contribution in [0.1, 0.15) is 17.2 Å². The Morgan fingerprint density at radius 1 is 1.05 bits per heavy atom. The Bertz CT molecular complexity index is 789. The summed E-state index contributed by atoms with van der Waals surface area (Å²) in [5.74, 6) is 0.116. The molecule has 0 saturated carbocycles. The van der Waals surface area contributed by atoms with Crippen LogP contribution < -0.4 is 5.73 Å². The summed E-state index contributed by atoms with van der Waals surface area (Å²) in [5.41, 5.74) is 7.27. The Kier molecular flexibility index (Phi) is 3.54. The summed E-state index contributed by atoms with van der Waals surface area (Å²) >= 11 is 0. The molecule has 2 aromatic carbocycles. The van der Waals surface area contributed by atoms with Gasteiger partial charge in [-0.2, -0.15) is 0 Å². The highest BCUT2D eigenvalue weighted by Gasteiger charge is 2.15. The Morgan fingerprint density at radius 2 is 1.81 bits per heavy atom. The maximum Gasteiger partial charge on any atom is 0.131 e. The number of fused-ring (bicyclic) bond motifs is 1.